The van der Waals surface area contributed by atoms with Gasteiger partial charge in [0.25, 0.3) is 17.3 Å². The van der Waals surface area contributed by atoms with Gasteiger partial charge in [0, 0.05) is 31.6 Å². The standard InChI is InChI=1S/C20H19N3O4S/c1-11-15-18(21-10-23(2)19(15)25)28-16(11)17(24)22-12-5-6-13-14(9-12)27-20(26-13)7-3-4-8-20/h5-6,9-10H,3-4,7-8H2,1-2H3,(H,22,24). The molecule has 0 saturated heterocycles. The van der Waals surface area contributed by atoms with Gasteiger partial charge < -0.3 is 19.4 Å². The number of carbonyl (C=O) groups excluding carboxylic acids is 1. The molecule has 28 heavy (non-hydrogen) atoms. The van der Waals surface area contributed by atoms with E-state index < -0.39 is 5.79 Å². The van der Waals surface area contributed by atoms with Crippen LogP contribution in [0.5, 0.6) is 11.5 Å². The Morgan fingerprint density at radius 1 is 1.25 bits per heavy atom. The van der Waals surface area contributed by atoms with Gasteiger partial charge in [-0.3, -0.25) is 9.59 Å². The first-order valence-electron chi connectivity index (χ1n) is 9.24. The molecular formula is C20H19N3O4S. The molecule has 2 aliphatic rings. The van der Waals surface area contributed by atoms with Crippen LogP contribution in [0.15, 0.2) is 29.3 Å². The summed E-state index contributed by atoms with van der Waals surface area (Å²) in [4.78, 5) is 30.5. The zero-order valence-electron chi connectivity index (χ0n) is 15.6. The summed E-state index contributed by atoms with van der Waals surface area (Å²) in [6, 6.07) is 5.42. The molecule has 0 atom stereocenters. The molecule has 1 aromatic carbocycles. The molecule has 7 nitrogen and oxygen atoms in total. The monoisotopic (exact) mass is 397 g/mol. The second-order valence-electron chi connectivity index (χ2n) is 7.33. The maximum atomic E-state index is 12.8. The van der Waals surface area contributed by atoms with Gasteiger partial charge in [0.15, 0.2) is 11.5 Å². The molecule has 3 heterocycles. The minimum atomic E-state index is -0.529. The van der Waals surface area contributed by atoms with Gasteiger partial charge in [-0.2, -0.15) is 0 Å². The van der Waals surface area contributed by atoms with E-state index in [4.69, 9.17) is 9.47 Å². The van der Waals surface area contributed by atoms with Crippen molar-refractivity contribution in [3.05, 3.63) is 45.3 Å². The van der Waals surface area contributed by atoms with Crippen LogP contribution in [0, 0.1) is 6.92 Å². The van der Waals surface area contributed by atoms with Crippen molar-refractivity contribution in [1.82, 2.24) is 9.55 Å². The fourth-order valence-electron chi connectivity index (χ4n) is 3.90. The lowest BCUT2D eigenvalue weighted by Gasteiger charge is -2.21. The Morgan fingerprint density at radius 2 is 2.00 bits per heavy atom. The van der Waals surface area contributed by atoms with Crippen molar-refractivity contribution < 1.29 is 14.3 Å². The highest BCUT2D eigenvalue weighted by Crippen LogP contribution is 2.47. The molecule has 1 aliphatic heterocycles. The summed E-state index contributed by atoms with van der Waals surface area (Å²) in [5.41, 5.74) is 1.12. The molecule has 0 bridgehead atoms. The highest BCUT2D eigenvalue weighted by molar-refractivity contribution is 7.20. The molecule has 0 radical (unpaired) electrons. The second-order valence-corrected chi connectivity index (χ2v) is 8.33. The Bertz CT molecular complexity index is 1170. The summed E-state index contributed by atoms with van der Waals surface area (Å²) in [5, 5.41) is 3.40. The van der Waals surface area contributed by atoms with E-state index in [-0.39, 0.29) is 11.5 Å². The van der Waals surface area contributed by atoms with Gasteiger partial charge >= 0.3 is 0 Å². The number of nitrogens with zero attached hydrogens (tertiary/aromatic N) is 2. The zero-order chi connectivity index (χ0) is 19.5. The molecule has 1 spiro atoms. The van der Waals surface area contributed by atoms with Crippen LogP contribution < -0.4 is 20.3 Å². The quantitative estimate of drug-likeness (QED) is 0.714. The van der Waals surface area contributed by atoms with Crippen molar-refractivity contribution in [2.75, 3.05) is 5.32 Å². The minimum absolute atomic E-state index is 0.150. The van der Waals surface area contributed by atoms with Gasteiger partial charge in [-0.1, -0.05) is 0 Å². The van der Waals surface area contributed by atoms with Crippen LogP contribution in [0.1, 0.15) is 40.9 Å². The van der Waals surface area contributed by atoms with Crippen molar-refractivity contribution in [2.24, 2.45) is 7.05 Å². The molecule has 1 saturated carbocycles. The molecule has 0 unspecified atom stereocenters. The number of carbonyl (C=O) groups is 1. The van der Waals surface area contributed by atoms with E-state index in [1.54, 1.807) is 26.1 Å². The minimum Gasteiger partial charge on any atom is -0.448 e. The molecule has 1 fully saturated rings. The Kier molecular flexibility index (Phi) is 3.74. The number of rotatable bonds is 2. The smallest absolute Gasteiger partial charge is 0.266 e. The summed E-state index contributed by atoms with van der Waals surface area (Å²) in [5.74, 6) is 0.574. The topological polar surface area (TPSA) is 82.4 Å². The van der Waals surface area contributed by atoms with Crippen molar-refractivity contribution in [3.63, 3.8) is 0 Å². The average molecular weight is 397 g/mol. The number of amides is 1. The van der Waals surface area contributed by atoms with Crippen LogP contribution in [0.25, 0.3) is 10.2 Å². The van der Waals surface area contributed by atoms with Crippen LogP contribution in [0.2, 0.25) is 0 Å². The Balaban J connectivity index is 1.43. The van der Waals surface area contributed by atoms with E-state index in [1.165, 1.54) is 22.2 Å². The van der Waals surface area contributed by atoms with Crippen molar-refractivity contribution in [3.8, 4) is 11.5 Å². The largest absolute Gasteiger partial charge is 0.448 e. The van der Waals surface area contributed by atoms with Crippen LogP contribution in [-0.2, 0) is 7.05 Å². The molecule has 5 rings (SSSR count). The summed E-state index contributed by atoms with van der Waals surface area (Å²) < 4.78 is 13.5. The fraction of sp³-hybridized carbons (Fsp3) is 0.350. The number of hydrogen-bond acceptors (Lipinski definition) is 6. The fourth-order valence-corrected chi connectivity index (χ4v) is 4.94. The summed E-state index contributed by atoms with van der Waals surface area (Å²) >= 11 is 1.22. The molecule has 144 valence electrons. The third kappa shape index (κ3) is 2.59. The predicted octanol–water partition coefficient (Wildman–Crippen LogP) is 3.60. The second kappa shape index (κ2) is 6.07. The molecule has 1 amide bonds. The third-order valence-corrected chi connectivity index (χ3v) is 6.57. The van der Waals surface area contributed by atoms with E-state index in [2.05, 4.69) is 10.3 Å². The molecular weight excluding hydrogens is 378 g/mol. The van der Waals surface area contributed by atoms with Gasteiger partial charge in [-0.15, -0.1) is 11.3 Å². The maximum Gasteiger partial charge on any atom is 0.266 e. The number of nitrogens with one attached hydrogen (secondary N) is 1. The zero-order valence-corrected chi connectivity index (χ0v) is 16.4. The molecule has 1 N–H and O–H groups in total. The van der Waals surface area contributed by atoms with Gasteiger partial charge in [0.05, 0.1) is 16.6 Å². The van der Waals surface area contributed by atoms with Gasteiger partial charge in [0.1, 0.15) is 4.83 Å². The number of ether oxygens (including phenoxy) is 2. The summed E-state index contributed by atoms with van der Waals surface area (Å²) in [7, 11) is 1.65. The van der Waals surface area contributed by atoms with Gasteiger partial charge in [0.2, 0.25) is 0 Å². The first-order chi connectivity index (χ1) is 13.5. The summed E-state index contributed by atoms with van der Waals surface area (Å²) in [6.07, 6.45) is 5.42. The maximum absolute atomic E-state index is 12.8. The molecule has 1 aliphatic carbocycles. The number of aromatic nitrogens is 2. The first-order valence-corrected chi connectivity index (χ1v) is 10.1. The number of anilines is 1. The van der Waals surface area contributed by atoms with Crippen molar-refractivity contribution in [2.45, 2.75) is 38.4 Å². The van der Waals surface area contributed by atoms with Crippen molar-refractivity contribution in [1.29, 1.82) is 0 Å². The Labute approximate surface area is 164 Å². The highest BCUT2D eigenvalue weighted by atomic mass is 32.1. The number of aryl methyl sites for hydroxylation is 2. The molecule has 3 aromatic rings. The highest BCUT2D eigenvalue weighted by Gasteiger charge is 2.44. The number of thiophene rings is 1. The number of benzene rings is 1. The average Bonchev–Trinajstić information content (AvgIpc) is 3.36. The van der Waals surface area contributed by atoms with E-state index in [0.717, 1.165) is 25.7 Å². The van der Waals surface area contributed by atoms with E-state index in [0.29, 0.717) is 37.8 Å². The van der Waals surface area contributed by atoms with E-state index >= 15 is 0 Å². The Morgan fingerprint density at radius 3 is 2.79 bits per heavy atom. The van der Waals surface area contributed by atoms with Gasteiger partial charge in [-0.25, -0.2) is 4.98 Å². The van der Waals surface area contributed by atoms with E-state index in [1.807, 2.05) is 6.07 Å². The van der Waals surface area contributed by atoms with Crippen molar-refractivity contribution >= 4 is 33.1 Å². The van der Waals surface area contributed by atoms with E-state index in [9.17, 15) is 9.59 Å². The summed E-state index contributed by atoms with van der Waals surface area (Å²) in [6.45, 7) is 1.78. The lowest BCUT2D eigenvalue weighted by molar-refractivity contribution is -0.0716. The third-order valence-electron chi connectivity index (χ3n) is 5.38. The van der Waals surface area contributed by atoms with Crippen LogP contribution >= 0.6 is 11.3 Å². The predicted molar refractivity (Wildman–Crippen MR) is 106 cm³/mol. The molecule has 8 heteroatoms. The normalized spacial score (nSPS) is 16.8. The van der Waals surface area contributed by atoms with Crippen LogP contribution in [-0.4, -0.2) is 21.2 Å². The lowest BCUT2D eigenvalue weighted by atomic mass is 10.2. The van der Waals surface area contributed by atoms with Gasteiger partial charge in [-0.05, 0) is 37.5 Å². The van der Waals surface area contributed by atoms with Crippen LogP contribution in [0.3, 0.4) is 0 Å². The molecule has 2 aromatic heterocycles. The Hall–Kier alpha value is -2.87. The lowest BCUT2D eigenvalue weighted by Crippen LogP contribution is -2.34. The number of hydrogen-bond donors (Lipinski definition) is 1. The number of fused-ring (bicyclic) bond motifs is 2. The SMILES string of the molecule is Cc1c(C(=O)Nc2ccc3c(c2)OC2(CCCC2)O3)sc2ncn(C)c(=O)c12. The first kappa shape index (κ1) is 17.2. The van der Waals surface area contributed by atoms with Crippen LogP contribution in [0.4, 0.5) is 5.69 Å².